The van der Waals surface area contributed by atoms with Crippen LogP contribution in [0.1, 0.15) is 6.42 Å². The Hall–Kier alpha value is -1.18. The second kappa shape index (κ2) is 4.00. The van der Waals surface area contributed by atoms with Crippen LogP contribution in [0.15, 0.2) is 21.3 Å². The van der Waals surface area contributed by atoms with Crippen molar-refractivity contribution in [2.24, 2.45) is 15.2 Å². The van der Waals surface area contributed by atoms with Gasteiger partial charge in [-0.15, -0.1) is 29.1 Å². The summed E-state index contributed by atoms with van der Waals surface area (Å²) < 4.78 is 5.05. The van der Waals surface area contributed by atoms with E-state index in [0.717, 1.165) is 22.7 Å². The van der Waals surface area contributed by atoms with Crippen molar-refractivity contribution in [2.75, 3.05) is 13.7 Å². The lowest BCUT2D eigenvalue weighted by molar-refractivity contribution is 0.373. The van der Waals surface area contributed by atoms with Gasteiger partial charge in [0.05, 0.1) is 23.4 Å². The summed E-state index contributed by atoms with van der Waals surface area (Å²) in [4.78, 5) is 4.36. The molecule has 0 saturated carbocycles. The summed E-state index contributed by atoms with van der Waals surface area (Å²) in [5, 5.41) is 19.5. The van der Waals surface area contributed by atoms with Crippen molar-refractivity contribution >= 4 is 35.4 Å². The minimum atomic E-state index is 0. The molecule has 6 heteroatoms. The fraction of sp³-hybridized carbons (Fsp3) is 0.300. The molecule has 0 bridgehead atoms. The van der Waals surface area contributed by atoms with Gasteiger partial charge in [0, 0.05) is 19.0 Å². The summed E-state index contributed by atoms with van der Waals surface area (Å²) >= 11 is 0. The molecular weight excluding hydrogens is 321 g/mol. The molecule has 0 atom stereocenters. The van der Waals surface area contributed by atoms with E-state index in [0.29, 0.717) is 18.0 Å². The number of hydrogen-bond donors (Lipinski definition) is 1. The number of halogens is 1. The van der Waals surface area contributed by atoms with Gasteiger partial charge in [0.1, 0.15) is 5.69 Å². The van der Waals surface area contributed by atoms with E-state index in [-0.39, 0.29) is 29.7 Å². The van der Waals surface area contributed by atoms with Crippen LogP contribution in [0.3, 0.4) is 0 Å². The van der Waals surface area contributed by atoms with Crippen molar-refractivity contribution in [3.63, 3.8) is 0 Å². The highest BCUT2D eigenvalue weighted by atomic mass is 127. The Balaban J connectivity index is 0.000000963. The van der Waals surface area contributed by atoms with E-state index in [1.165, 1.54) is 7.11 Å². The first-order chi connectivity index (χ1) is 7.31. The van der Waals surface area contributed by atoms with Crippen molar-refractivity contribution in [3.05, 3.63) is 16.6 Å². The topological polar surface area (TPSA) is 66.5 Å². The normalized spacial score (nSPS) is 15.2. The summed E-state index contributed by atoms with van der Waals surface area (Å²) in [6, 6.07) is 1.73. The summed E-state index contributed by atoms with van der Waals surface area (Å²) in [6.45, 7) is 0.717. The molecule has 1 aromatic carbocycles. The molecule has 0 fully saturated rings. The smallest absolute Gasteiger partial charge is 0.186 e. The van der Waals surface area contributed by atoms with Crippen LogP contribution in [-0.4, -0.2) is 18.8 Å². The number of rotatable bonds is 1. The molecule has 3 rings (SSSR count). The van der Waals surface area contributed by atoms with E-state index >= 15 is 0 Å². The average molecular weight is 331 g/mol. The maximum atomic E-state index is 9.84. The van der Waals surface area contributed by atoms with Crippen LogP contribution in [-0.2, 0) is 0 Å². The first-order valence-corrected chi connectivity index (χ1v) is 4.70. The quantitative estimate of drug-likeness (QED) is 0.787. The summed E-state index contributed by atoms with van der Waals surface area (Å²) in [5.41, 5.74) is 1.40. The van der Waals surface area contributed by atoms with Gasteiger partial charge < -0.3 is 9.84 Å². The van der Waals surface area contributed by atoms with Crippen molar-refractivity contribution in [2.45, 2.75) is 6.42 Å². The Morgan fingerprint density at radius 2 is 2.19 bits per heavy atom. The van der Waals surface area contributed by atoms with Crippen molar-refractivity contribution in [1.29, 1.82) is 0 Å². The van der Waals surface area contributed by atoms with Crippen LogP contribution in [0.4, 0.5) is 5.69 Å². The highest BCUT2D eigenvalue weighted by Gasteiger charge is 2.20. The SMILES string of the molecule is COc1cc2c3c(c1O)N=NC=3CCN=2.I. The Labute approximate surface area is 109 Å². The summed E-state index contributed by atoms with van der Waals surface area (Å²) in [7, 11) is 1.51. The van der Waals surface area contributed by atoms with Crippen LogP contribution in [0, 0.1) is 0 Å². The number of phenolic OH excluding ortho intramolecular Hbond substituents is 1. The highest BCUT2D eigenvalue weighted by Crippen LogP contribution is 2.35. The lowest BCUT2D eigenvalue weighted by Gasteiger charge is -2.06. The fourth-order valence-electron chi connectivity index (χ4n) is 1.90. The molecular formula is C10H10IN3O2. The van der Waals surface area contributed by atoms with Crippen molar-refractivity contribution in [1.82, 2.24) is 0 Å². The van der Waals surface area contributed by atoms with Gasteiger partial charge in [0.25, 0.3) is 0 Å². The van der Waals surface area contributed by atoms with Crippen molar-refractivity contribution in [3.8, 4) is 11.5 Å². The molecule has 2 heterocycles. The van der Waals surface area contributed by atoms with Gasteiger partial charge in [0.15, 0.2) is 11.5 Å². The third-order valence-electron chi connectivity index (χ3n) is 2.63. The Bertz CT molecular complexity index is 595. The third kappa shape index (κ3) is 1.40. The molecule has 0 aliphatic carbocycles. The van der Waals surface area contributed by atoms with Gasteiger partial charge in [-0.1, -0.05) is 0 Å². The largest absolute Gasteiger partial charge is 0.503 e. The second-order valence-electron chi connectivity index (χ2n) is 3.45. The van der Waals surface area contributed by atoms with E-state index < -0.39 is 0 Å². The maximum absolute atomic E-state index is 9.84. The number of benzene rings is 1. The minimum absolute atomic E-state index is 0. The zero-order valence-electron chi connectivity index (χ0n) is 8.60. The molecule has 2 aliphatic rings. The van der Waals surface area contributed by atoms with Crippen LogP contribution >= 0.6 is 24.0 Å². The molecule has 0 aromatic heterocycles. The first kappa shape index (κ1) is 11.3. The molecule has 84 valence electrons. The monoisotopic (exact) mass is 331 g/mol. The van der Waals surface area contributed by atoms with Crippen molar-refractivity contribution < 1.29 is 9.84 Å². The first-order valence-electron chi connectivity index (χ1n) is 4.70. The zero-order chi connectivity index (χ0) is 10.4. The Morgan fingerprint density at radius 3 is 2.94 bits per heavy atom. The molecule has 0 amide bonds. The van der Waals surface area contributed by atoms with Gasteiger partial charge in [-0.3, -0.25) is 4.99 Å². The van der Waals surface area contributed by atoms with Crippen LogP contribution < -0.4 is 15.3 Å². The van der Waals surface area contributed by atoms with E-state index in [2.05, 4.69) is 15.2 Å². The molecule has 0 unspecified atom stereocenters. The van der Waals surface area contributed by atoms with E-state index in [1.54, 1.807) is 6.07 Å². The molecule has 2 aliphatic heterocycles. The Kier molecular flexibility index (Phi) is 2.83. The number of ether oxygens (including phenoxy) is 1. The van der Waals surface area contributed by atoms with Gasteiger partial charge in [-0.05, 0) is 0 Å². The zero-order valence-corrected chi connectivity index (χ0v) is 10.9. The number of methoxy groups -OCH3 is 1. The number of aromatic hydroxyl groups is 1. The summed E-state index contributed by atoms with van der Waals surface area (Å²) in [6.07, 6.45) is 0.787. The lowest BCUT2D eigenvalue weighted by atomic mass is 10.1. The number of hydrogen-bond acceptors (Lipinski definition) is 5. The minimum Gasteiger partial charge on any atom is -0.503 e. The molecule has 5 nitrogen and oxygen atoms in total. The van der Waals surface area contributed by atoms with Crippen LogP contribution in [0.2, 0.25) is 0 Å². The molecule has 0 saturated heterocycles. The lowest BCUT2D eigenvalue weighted by Crippen LogP contribution is -2.29. The fourth-order valence-corrected chi connectivity index (χ4v) is 1.90. The molecule has 1 N–H and O–H groups in total. The predicted molar refractivity (Wildman–Crippen MR) is 68.3 cm³/mol. The van der Waals surface area contributed by atoms with Gasteiger partial charge in [0.2, 0.25) is 0 Å². The average Bonchev–Trinajstić information content (AvgIpc) is 2.69. The maximum Gasteiger partial charge on any atom is 0.186 e. The Morgan fingerprint density at radius 1 is 1.38 bits per heavy atom. The summed E-state index contributed by atoms with van der Waals surface area (Å²) in [5.74, 6) is 0.446. The number of nitrogens with zero attached hydrogens (tertiary/aromatic N) is 3. The number of phenols is 1. The second-order valence-corrected chi connectivity index (χ2v) is 3.45. The van der Waals surface area contributed by atoms with Crippen LogP contribution in [0.5, 0.6) is 11.5 Å². The van der Waals surface area contributed by atoms with Gasteiger partial charge in [-0.2, -0.15) is 5.11 Å². The van der Waals surface area contributed by atoms with E-state index in [9.17, 15) is 5.11 Å². The standard InChI is InChI=1S/C10H9N3O2.HI/c1-15-7-4-6-8-5(2-3-11-6)12-13-9(8)10(7)14;/h4,14H,2-3H2,1H3;1H. The molecule has 0 spiro atoms. The van der Waals surface area contributed by atoms with Gasteiger partial charge in [-0.25, -0.2) is 0 Å². The van der Waals surface area contributed by atoms with E-state index in [4.69, 9.17) is 4.74 Å². The molecule has 1 aromatic rings. The molecule has 0 radical (unpaired) electrons. The predicted octanol–water partition coefficient (Wildman–Crippen LogP) is 1.25. The third-order valence-corrected chi connectivity index (χ3v) is 2.63. The van der Waals surface area contributed by atoms with Gasteiger partial charge >= 0.3 is 0 Å². The number of azo groups is 1. The highest BCUT2D eigenvalue weighted by molar-refractivity contribution is 14.0. The van der Waals surface area contributed by atoms with E-state index in [1.807, 2.05) is 0 Å². The molecule has 16 heavy (non-hydrogen) atoms. The van der Waals surface area contributed by atoms with Crippen LogP contribution in [0.25, 0.3) is 5.70 Å².